The minimum atomic E-state index is -0.0797. The molecule has 0 spiro atoms. The van der Waals surface area contributed by atoms with Gasteiger partial charge in [0.2, 0.25) is 5.95 Å². The Bertz CT molecular complexity index is 680. The summed E-state index contributed by atoms with van der Waals surface area (Å²) in [5.41, 5.74) is 1.42. The van der Waals surface area contributed by atoms with Crippen LogP contribution in [0, 0.1) is 0 Å². The van der Waals surface area contributed by atoms with Crippen molar-refractivity contribution in [1.82, 2.24) is 15.3 Å². The van der Waals surface area contributed by atoms with Gasteiger partial charge in [0.05, 0.1) is 11.3 Å². The predicted molar refractivity (Wildman–Crippen MR) is 97.8 cm³/mol. The molecule has 1 aliphatic rings. The van der Waals surface area contributed by atoms with Crippen LogP contribution in [-0.4, -0.2) is 35.0 Å². The van der Waals surface area contributed by atoms with Crippen molar-refractivity contribution in [2.45, 2.75) is 45.6 Å². The van der Waals surface area contributed by atoms with Gasteiger partial charge >= 0.3 is 0 Å². The van der Waals surface area contributed by atoms with Crippen molar-refractivity contribution in [3.8, 4) is 0 Å². The zero-order valence-corrected chi connectivity index (χ0v) is 15.1. The van der Waals surface area contributed by atoms with Crippen molar-refractivity contribution in [3.63, 3.8) is 0 Å². The maximum atomic E-state index is 12.6. The Morgan fingerprint density at radius 1 is 1.42 bits per heavy atom. The standard InChI is InChI=1S/C18H24N4OS/c1-3-16-15(12-19-18(21-16)22-8-4-5-9-22)17(23)20-13(2)11-14-7-6-10-24-14/h6-7,10,12-13H,3-5,8-9,11H2,1-2H3,(H,20,23)/t13-/m0/s1. The first kappa shape index (κ1) is 16.9. The molecular weight excluding hydrogens is 320 g/mol. The second-order valence-electron chi connectivity index (χ2n) is 6.24. The molecule has 24 heavy (non-hydrogen) atoms. The molecule has 128 valence electrons. The summed E-state index contributed by atoms with van der Waals surface area (Å²) >= 11 is 1.72. The number of hydrogen-bond acceptors (Lipinski definition) is 5. The number of carbonyl (C=O) groups excluding carboxylic acids is 1. The highest BCUT2D eigenvalue weighted by Crippen LogP contribution is 2.18. The van der Waals surface area contributed by atoms with Crippen LogP contribution in [0.4, 0.5) is 5.95 Å². The third-order valence-electron chi connectivity index (χ3n) is 4.29. The lowest BCUT2D eigenvalue weighted by Gasteiger charge is -2.18. The topological polar surface area (TPSA) is 58.1 Å². The van der Waals surface area contributed by atoms with E-state index in [2.05, 4.69) is 31.6 Å². The molecule has 3 heterocycles. The van der Waals surface area contributed by atoms with E-state index in [0.29, 0.717) is 5.56 Å². The highest BCUT2D eigenvalue weighted by atomic mass is 32.1. The molecule has 1 saturated heterocycles. The van der Waals surface area contributed by atoms with E-state index in [1.165, 1.54) is 17.7 Å². The van der Waals surface area contributed by atoms with Gasteiger partial charge in [-0.05, 0) is 37.6 Å². The van der Waals surface area contributed by atoms with Crippen LogP contribution >= 0.6 is 11.3 Å². The Morgan fingerprint density at radius 3 is 2.88 bits per heavy atom. The minimum Gasteiger partial charge on any atom is -0.349 e. The Kier molecular flexibility index (Phi) is 5.45. The Labute approximate surface area is 147 Å². The molecular formula is C18H24N4OS. The van der Waals surface area contributed by atoms with Gasteiger partial charge < -0.3 is 10.2 Å². The highest BCUT2D eigenvalue weighted by molar-refractivity contribution is 7.09. The molecule has 1 fully saturated rings. The number of rotatable bonds is 6. The van der Waals surface area contributed by atoms with Gasteiger partial charge in [-0.15, -0.1) is 11.3 Å². The number of hydrogen-bond donors (Lipinski definition) is 1. The van der Waals surface area contributed by atoms with E-state index >= 15 is 0 Å². The molecule has 1 atom stereocenters. The first-order chi connectivity index (χ1) is 11.7. The van der Waals surface area contributed by atoms with Gasteiger partial charge in [0.25, 0.3) is 5.91 Å². The highest BCUT2D eigenvalue weighted by Gasteiger charge is 2.19. The summed E-state index contributed by atoms with van der Waals surface area (Å²) in [4.78, 5) is 25.1. The second-order valence-corrected chi connectivity index (χ2v) is 7.27. The summed E-state index contributed by atoms with van der Waals surface area (Å²) in [5, 5.41) is 5.13. The van der Waals surface area contributed by atoms with Crippen molar-refractivity contribution in [2.24, 2.45) is 0 Å². The fourth-order valence-corrected chi connectivity index (χ4v) is 3.85. The summed E-state index contributed by atoms with van der Waals surface area (Å²) in [6.07, 6.45) is 5.64. The number of nitrogens with one attached hydrogen (secondary N) is 1. The SMILES string of the molecule is CCc1nc(N2CCCC2)ncc1C(=O)N[C@@H](C)Cc1cccs1. The summed E-state index contributed by atoms with van der Waals surface area (Å²) in [5.74, 6) is 0.677. The second kappa shape index (κ2) is 7.75. The first-order valence-electron chi connectivity index (χ1n) is 8.61. The van der Waals surface area contributed by atoms with Crippen molar-refractivity contribution >= 4 is 23.2 Å². The number of carbonyl (C=O) groups is 1. The maximum absolute atomic E-state index is 12.6. The van der Waals surface area contributed by atoms with Crippen LogP contribution < -0.4 is 10.2 Å². The fourth-order valence-electron chi connectivity index (χ4n) is 3.02. The number of anilines is 1. The van der Waals surface area contributed by atoms with Crippen LogP contribution in [-0.2, 0) is 12.8 Å². The van der Waals surface area contributed by atoms with Crippen LogP contribution in [0.1, 0.15) is 47.6 Å². The van der Waals surface area contributed by atoms with Crippen molar-refractivity contribution in [1.29, 1.82) is 0 Å². The van der Waals surface area contributed by atoms with Crippen LogP contribution in [0.25, 0.3) is 0 Å². The molecule has 2 aromatic heterocycles. The van der Waals surface area contributed by atoms with Gasteiger partial charge in [0.15, 0.2) is 0 Å². The number of nitrogens with zero attached hydrogens (tertiary/aromatic N) is 3. The van der Waals surface area contributed by atoms with Crippen molar-refractivity contribution in [3.05, 3.63) is 39.8 Å². The van der Waals surface area contributed by atoms with Crippen molar-refractivity contribution < 1.29 is 4.79 Å². The normalized spacial score (nSPS) is 15.5. The molecule has 0 bridgehead atoms. The molecule has 3 rings (SSSR count). The molecule has 0 aromatic carbocycles. The Hall–Kier alpha value is -1.95. The van der Waals surface area contributed by atoms with Crippen molar-refractivity contribution in [2.75, 3.05) is 18.0 Å². The van der Waals surface area contributed by atoms with Gasteiger partial charge in [-0.3, -0.25) is 4.79 Å². The average molecular weight is 344 g/mol. The summed E-state index contributed by atoms with van der Waals surface area (Å²) in [7, 11) is 0. The van der Waals surface area contributed by atoms with E-state index in [-0.39, 0.29) is 11.9 Å². The zero-order chi connectivity index (χ0) is 16.9. The van der Waals surface area contributed by atoms with E-state index in [0.717, 1.165) is 37.6 Å². The summed E-state index contributed by atoms with van der Waals surface area (Å²) in [6.45, 7) is 6.07. The largest absolute Gasteiger partial charge is 0.349 e. The number of amides is 1. The first-order valence-corrected chi connectivity index (χ1v) is 9.49. The van der Waals surface area contributed by atoms with E-state index in [1.807, 2.05) is 19.9 Å². The molecule has 0 unspecified atom stereocenters. The molecule has 0 aliphatic carbocycles. The predicted octanol–water partition coefficient (Wildman–Crippen LogP) is 3.06. The van der Waals surface area contributed by atoms with Gasteiger partial charge in [-0.2, -0.15) is 0 Å². The van der Waals surface area contributed by atoms with Crippen LogP contribution in [0.5, 0.6) is 0 Å². The lowest BCUT2D eigenvalue weighted by atomic mass is 10.1. The van der Waals surface area contributed by atoms with Gasteiger partial charge in [0.1, 0.15) is 0 Å². The quantitative estimate of drug-likeness (QED) is 0.875. The molecule has 0 radical (unpaired) electrons. The van der Waals surface area contributed by atoms with E-state index in [9.17, 15) is 4.79 Å². The van der Waals surface area contributed by atoms with Crippen LogP contribution in [0.15, 0.2) is 23.7 Å². The fraction of sp³-hybridized carbons (Fsp3) is 0.500. The maximum Gasteiger partial charge on any atom is 0.254 e. The lowest BCUT2D eigenvalue weighted by Crippen LogP contribution is -2.35. The van der Waals surface area contributed by atoms with Crippen LogP contribution in [0.3, 0.4) is 0 Å². The van der Waals surface area contributed by atoms with Gasteiger partial charge in [-0.1, -0.05) is 13.0 Å². The monoisotopic (exact) mass is 344 g/mol. The Morgan fingerprint density at radius 2 is 2.21 bits per heavy atom. The lowest BCUT2D eigenvalue weighted by molar-refractivity contribution is 0.0938. The molecule has 6 heteroatoms. The number of aryl methyl sites for hydroxylation is 1. The number of aromatic nitrogens is 2. The van der Waals surface area contributed by atoms with Gasteiger partial charge in [-0.25, -0.2) is 9.97 Å². The number of thiophene rings is 1. The van der Waals surface area contributed by atoms with Gasteiger partial charge in [0, 0.05) is 36.6 Å². The zero-order valence-electron chi connectivity index (χ0n) is 14.3. The Balaban J connectivity index is 1.69. The third kappa shape index (κ3) is 3.93. The smallest absolute Gasteiger partial charge is 0.254 e. The molecule has 5 nitrogen and oxygen atoms in total. The minimum absolute atomic E-state index is 0.0797. The van der Waals surface area contributed by atoms with Crippen LogP contribution in [0.2, 0.25) is 0 Å². The third-order valence-corrected chi connectivity index (χ3v) is 5.19. The summed E-state index contributed by atoms with van der Waals surface area (Å²) in [6, 6.07) is 4.21. The molecule has 2 aromatic rings. The average Bonchev–Trinajstić information content (AvgIpc) is 3.27. The molecule has 0 saturated carbocycles. The van der Waals surface area contributed by atoms with E-state index < -0.39 is 0 Å². The molecule has 1 N–H and O–H groups in total. The van der Waals surface area contributed by atoms with E-state index in [4.69, 9.17) is 0 Å². The molecule has 1 aliphatic heterocycles. The van der Waals surface area contributed by atoms with E-state index in [1.54, 1.807) is 17.5 Å². The molecule has 1 amide bonds. The summed E-state index contributed by atoms with van der Waals surface area (Å²) < 4.78 is 0.